The van der Waals surface area contributed by atoms with E-state index in [0.717, 1.165) is 30.6 Å². The van der Waals surface area contributed by atoms with Crippen molar-refractivity contribution in [3.63, 3.8) is 0 Å². The van der Waals surface area contributed by atoms with Gasteiger partial charge in [0.25, 0.3) is 0 Å². The molecule has 3 N–H and O–H groups in total. The average Bonchev–Trinajstić information content (AvgIpc) is 3.34. The Hall–Kier alpha value is -2.31. The molecule has 0 spiro atoms. The molecule has 0 aliphatic carbocycles. The minimum Gasteiger partial charge on any atom is -0.361 e. The van der Waals surface area contributed by atoms with Gasteiger partial charge in [-0.3, -0.25) is 9.48 Å². The smallest absolute Gasteiger partial charge is 0.225 e. The highest BCUT2D eigenvalue weighted by atomic mass is 35.5. The number of nitrogens with zero attached hydrogens (tertiary/aromatic N) is 2. The molecule has 1 aromatic carbocycles. The molecular weight excluding hydrogens is 362 g/mol. The Labute approximate surface area is 165 Å². The number of hydrogen-bond acceptors (Lipinski definition) is 3. The van der Waals surface area contributed by atoms with Gasteiger partial charge in [0, 0.05) is 55.9 Å². The monoisotopic (exact) mass is 387 g/mol. The number of amides is 1. The SMILES string of the molecule is Cc1cccc2[nH]cc(CCNC(=O)[C@H]3CNC[C@@H]3c3cnn(C)c3)c12.Cl. The standard InChI is InChI=1S/C20H25N5O.ClH/c1-13-4-3-5-18-19(13)14(8-23-18)6-7-22-20(26)17-11-21-10-16(17)15-9-24-25(2)12-15;/h3-5,8-9,12,16-17,21,23H,6-7,10-11H2,1-2H3,(H,22,26);1H/t16-,17+;/m1./s1. The molecule has 6 nitrogen and oxygen atoms in total. The first-order valence-electron chi connectivity index (χ1n) is 9.16. The van der Waals surface area contributed by atoms with Crippen LogP contribution in [0.5, 0.6) is 0 Å². The van der Waals surface area contributed by atoms with Gasteiger partial charge in [-0.25, -0.2) is 0 Å². The van der Waals surface area contributed by atoms with Crippen LogP contribution in [0.1, 0.15) is 22.6 Å². The summed E-state index contributed by atoms with van der Waals surface area (Å²) >= 11 is 0. The van der Waals surface area contributed by atoms with Crippen molar-refractivity contribution in [2.24, 2.45) is 13.0 Å². The molecule has 3 aromatic rings. The summed E-state index contributed by atoms with van der Waals surface area (Å²) in [5.41, 5.74) is 4.81. The molecule has 1 amide bonds. The molecule has 27 heavy (non-hydrogen) atoms. The number of aryl methyl sites for hydroxylation is 2. The first kappa shape index (κ1) is 19.5. The van der Waals surface area contributed by atoms with Gasteiger partial charge in [0.15, 0.2) is 0 Å². The Balaban J connectivity index is 0.00000210. The lowest BCUT2D eigenvalue weighted by Gasteiger charge is -2.17. The number of fused-ring (bicyclic) bond motifs is 1. The number of halogens is 1. The summed E-state index contributed by atoms with van der Waals surface area (Å²) in [5.74, 6) is 0.281. The van der Waals surface area contributed by atoms with E-state index in [9.17, 15) is 4.79 Å². The molecule has 0 unspecified atom stereocenters. The Bertz CT molecular complexity index is 931. The lowest BCUT2D eigenvalue weighted by Crippen LogP contribution is -2.35. The zero-order chi connectivity index (χ0) is 18.1. The van der Waals surface area contributed by atoms with Crippen molar-refractivity contribution in [3.8, 4) is 0 Å². The highest BCUT2D eigenvalue weighted by molar-refractivity contribution is 5.86. The normalized spacial score (nSPS) is 19.2. The molecule has 3 heterocycles. The zero-order valence-corrected chi connectivity index (χ0v) is 16.5. The number of carbonyl (C=O) groups is 1. The molecule has 1 fully saturated rings. The van der Waals surface area contributed by atoms with E-state index in [1.165, 1.54) is 16.5 Å². The number of nitrogens with one attached hydrogen (secondary N) is 3. The van der Waals surface area contributed by atoms with Crippen LogP contribution in [0.25, 0.3) is 10.9 Å². The average molecular weight is 388 g/mol. The van der Waals surface area contributed by atoms with Gasteiger partial charge < -0.3 is 15.6 Å². The van der Waals surface area contributed by atoms with Crippen LogP contribution in [0.2, 0.25) is 0 Å². The molecule has 2 aromatic heterocycles. The Morgan fingerprint density at radius 3 is 3.00 bits per heavy atom. The number of rotatable bonds is 5. The first-order valence-corrected chi connectivity index (χ1v) is 9.16. The van der Waals surface area contributed by atoms with Crippen molar-refractivity contribution in [2.75, 3.05) is 19.6 Å². The maximum atomic E-state index is 12.7. The van der Waals surface area contributed by atoms with Gasteiger partial charge in [0.05, 0.1) is 12.1 Å². The summed E-state index contributed by atoms with van der Waals surface area (Å²) in [7, 11) is 1.91. The predicted octanol–water partition coefficient (Wildman–Crippen LogP) is 2.29. The molecule has 2 atom stereocenters. The van der Waals surface area contributed by atoms with Crippen LogP contribution in [-0.2, 0) is 18.3 Å². The van der Waals surface area contributed by atoms with Crippen molar-refractivity contribution in [1.82, 2.24) is 25.4 Å². The molecule has 0 radical (unpaired) electrons. The third-order valence-electron chi connectivity index (χ3n) is 5.39. The number of aromatic amines is 1. The summed E-state index contributed by atoms with van der Waals surface area (Å²) in [4.78, 5) is 16.0. The number of carbonyl (C=O) groups excluding carboxylic acids is 1. The van der Waals surface area contributed by atoms with Gasteiger partial charge in [-0.2, -0.15) is 5.10 Å². The number of benzene rings is 1. The quantitative estimate of drug-likeness (QED) is 0.628. The van der Waals surface area contributed by atoms with Gasteiger partial charge in [-0.1, -0.05) is 12.1 Å². The molecule has 0 saturated carbocycles. The first-order chi connectivity index (χ1) is 12.6. The fourth-order valence-corrected chi connectivity index (χ4v) is 4.04. The molecule has 1 saturated heterocycles. The van der Waals surface area contributed by atoms with E-state index in [2.05, 4.69) is 52.0 Å². The van der Waals surface area contributed by atoms with Crippen LogP contribution in [0, 0.1) is 12.8 Å². The lowest BCUT2D eigenvalue weighted by atomic mass is 9.90. The summed E-state index contributed by atoms with van der Waals surface area (Å²) in [6.45, 7) is 4.32. The minimum atomic E-state index is -0.0381. The summed E-state index contributed by atoms with van der Waals surface area (Å²) < 4.78 is 1.79. The van der Waals surface area contributed by atoms with E-state index in [1.54, 1.807) is 4.68 Å². The Morgan fingerprint density at radius 1 is 1.37 bits per heavy atom. The molecule has 1 aliphatic rings. The third-order valence-corrected chi connectivity index (χ3v) is 5.39. The second-order valence-corrected chi connectivity index (χ2v) is 7.17. The van der Waals surface area contributed by atoms with Crippen molar-refractivity contribution in [1.29, 1.82) is 0 Å². The molecule has 0 bridgehead atoms. The van der Waals surface area contributed by atoms with Gasteiger partial charge in [0.1, 0.15) is 0 Å². The van der Waals surface area contributed by atoms with Gasteiger partial charge >= 0.3 is 0 Å². The second kappa shape index (κ2) is 8.15. The second-order valence-electron chi connectivity index (χ2n) is 7.17. The fourth-order valence-electron chi connectivity index (χ4n) is 4.04. The van der Waals surface area contributed by atoms with Gasteiger partial charge in [-0.15, -0.1) is 12.4 Å². The molecular formula is C20H26ClN5O. The summed E-state index contributed by atoms with van der Waals surface area (Å²) in [5, 5.41) is 12.0. The Kier molecular flexibility index (Phi) is 5.87. The third kappa shape index (κ3) is 3.87. The molecule has 144 valence electrons. The Morgan fingerprint density at radius 2 is 2.22 bits per heavy atom. The van der Waals surface area contributed by atoms with Crippen LogP contribution in [0.15, 0.2) is 36.8 Å². The van der Waals surface area contributed by atoms with Crippen LogP contribution in [0.3, 0.4) is 0 Å². The lowest BCUT2D eigenvalue weighted by molar-refractivity contribution is -0.124. The number of hydrogen-bond donors (Lipinski definition) is 3. The summed E-state index contributed by atoms with van der Waals surface area (Å²) in [6, 6.07) is 6.28. The fraction of sp³-hybridized carbons (Fsp3) is 0.400. The predicted molar refractivity (Wildman–Crippen MR) is 109 cm³/mol. The van der Waals surface area contributed by atoms with Gasteiger partial charge in [0.2, 0.25) is 5.91 Å². The van der Waals surface area contributed by atoms with E-state index < -0.39 is 0 Å². The van der Waals surface area contributed by atoms with E-state index in [4.69, 9.17) is 0 Å². The van der Waals surface area contributed by atoms with E-state index >= 15 is 0 Å². The van der Waals surface area contributed by atoms with Crippen LogP contribution >= 0.6 is 12.4 Å². The number of H-pyrrole nitrogens is 1. The topological polar surface area (TPSA) is 74.7 Å². The number of aromatic nitrogens is 3. The largest absolute Gasteiger partial charge is 0.361 e. The minimum absolute atomic E-state index is 0. The maximum absolute atomic E-state index is 12.7. The maximum Gasteiger partial charge on any atom is 0.225 e. The molecule has 1 aliphatic heterocycles. The van der Waals surface area contributed by atoms with Crippen molar-refractivity contribution in [2.45, 2.75) is 19.3 Å². The van der Waals surface area contributed by atoms with E-state index in [-0.39, 0.29) is 30.2 Å². The van der Waals surface area contributed by atoms with Crippen LogP contribution < -0.4 is 10.6 Å². The highest BCUT2D eigenvalue weighted by Crippen LogP contribution is 2.28. The van der Waals surface area contributed by atoms with Crippen molar-refractivity contribution < 1.29 is 4.79 Å². The van der Waals surface area contributed by atoms with Crippen molar-refractivity contribution in [3.05, 3.63) is 53.5 Å². The van der Waals surface area contributed by atoms with Crippen molar-refractivity contribution >= 4 is 29.2 Å². The molecule has 4 rings (SSSR count). The van der Waals surface area contributed by atoms with Crippen LogP contribution in [0.4, 0.5) is 0 Å². The van der Waals surface area contributed by atoms with E-state index in [0.29, 0.717) is 6.54 Å². The highest BCUT2D eigenvalue weighted by Gasteiger charge is 2.34. The van der Waals surface area contributed by atoms with Gasteiger partial charge in [-0.05, 0) is 36.1 Å². The summed E-state index contributed by atoms with van der Waals surface area (Å²) in [6.07, 6.45) is 6.76. The molecule has 7 heteroatoms. The van der Waals surface area contributed by atoms with Crippen LogP contribution in [-0.4, -0.2) is 40.3 Å². The van der Waals surface area contributed by atoms with E-state index in [1.807, 2.05) is 19.4 Å². The zero-order valence-electron chi connectivity index (χ0n) is 15.7.